The standard InChI is InChI=1S/C19H23N3O3/c1-2-17-20-19(21-25-17)15-7-5-10-22(15)18(23)12-13-9-11-24-16-8-4-3-6-14(13)16/h3-4,6,8,13,15H,2,5,7,9-12H2,1H3/t13-,15-/m1/s1. The van der Waals surface area contributed by atoms with Crippen molar-refractivity contribution in [2.45, 2.75) is 51.0 Å². The lowest BCUT2D eigenvalue weighted by atomic mass is 9.90. The quantitative estimate of drug-likeness (QED) is 0.854. The second kappa shape index (κ2) is 6.86. The minimum absolute atomic E-state index is 0.0494. The van der Waals surface area contributed by atoms with Gasteiger partial charge in [0.05, 0.1) is 12.6 Å². The zero-order valence-electron chi connectivity index (χ0n) is 14.5. The van der Waals surface area contributed by atoms with Gasteiger partial charge in [0.2, 0.25) is 11.8 Å². The molecule has 0 saturated carbocycles. The average Bonchev–Trinajstić information content (AvgIpc) is 3.31. The molecule has 0 N–H and O–H groups in total. The summed E-state index contributed by atoms with van der Waals surface area (Å²) in [7, 11) is 0. The zero-order valence-corrected chi connectivity index (χ0v) is 14.5. The molecule has 6 nitrogen and oxygen atoms in total. The van der Waals surface area contributed by atoms with E-state index in [9.17, 15) is 4.79 Å². The fraction of sp³-hybridized carbons (Fsp3) is 0.526. The maximum atomic E-state index is 13.0. The van der Waals surface area contributed by atoms with Gasteiger partial charge in [0, 0.05) is 19.4 Å². The number of aromatic nitrogens is 2. The lowest BCUT2D eigenvalue weighted by molar-refractivity contribution is -0.132. The van der Waals surface area contributed by atoms with Crippen LogP contribution in [-0.2, 0) is 11.2 Å². The summed E-state index contributed by atoms with van der Waals surface area (Å²) in [5.74, 6) is 2.58. The van der Waals surface area contributed by atoms with Crippen molar-refractivity contribution in [3.05, 3.63) is 41.5 Å². The van der Waals surface area contributed by atoms with Gasteiger partial charge in [-0.1, -0.05) is 30.3 Å². The second-order valence-corrected chi connectivity index (χ2v) is 6.72. The minimum Gasteiger partial charge on any atom is -0.493 e. The van der Waals surface area contributed by atoms with E-state index in [-0.39, 0.29) is 17.9 Å². The largest absolute Gasteiger partial charge is 0.493 e. The Balaban J connectivity index is 1.49. The van der Waals surface area contributed by atoms with E-state index < -0.39 is 0 Å². The molecule has 132 valence electrons. The van der Waals surface area contributed by atoms with Crippen LogP contribution in [0.25, 0.3) is 0 Å². The van der Waals surface area contributed by atoms with Crippen molar-refractivity contribution in [3.8, 4) is 5.75 Å². The Bertz CT molecular complexity index is 758. The van der Waals surface area contributed by atoms with Crippen molar-refractivity contribution in [3.63, 3.8) is 0 Å². The number of hydrogen-bond acceptors (Lipinski definition) is 5. The number of hydrogen-bond donors (Lipinski definition) is 0. The molecule has 1 saturated heterocycles. The summed E-state index contributed by atoms with van der Waals surface area (Å²) in [6, 6.07) is 7.99. The van der Waals surface area contributed by atoms with Gasteiger partial charge in [0.15, 0.2) is 5.82 Å². The van der Waals surface area contributed by atoms with Crippen molar-refractivity contribution in [1.29, 1.82) is 0 Å². The minimum atomic E-state index is -0.0494. The molecule has 25 heavy (non-hydrogen) atoms. The van der Waals surface area contributed by atoms with Crippen molar-refractivity contribution in [2.75, 3.05) is 13.2 Å². The van der Waals surface area contributed by atoms with Crippen molar-refractivity contribution in [1.82, 2.24) is 15.0 Å². The average molecular weight is 341 g/mol. The molecule has 1 aromatic carbocycles. The first-order valence-corrected chi connectivity index (χ1v) is 9.10. The molecule has 2 atom stereocenters. The summed E-state index contributed by atoms with van der Waals surface area (Å²) in [6.45, 7) is 3.42. The zero-order chi connectivity index (χ0) is 17.2. The van der Waals surface area contributed by atoms with Crippen LogP contribution in [0, 0.1) is 0 Å². The number of nitrogens with zero attached hydrogens (tertiary/aromatic N) is 3. The fourth-order valence-electron chi connectivity index (χ4n) is 3.84. The molecule has 2 aliphatic rings. The molecule has 6 heteroatoms. The Hall–Kier alpha value is -2.37. The number of para-hydroxylation sites is 1. The number of carbonyl (C=O) groups is 1. The first-order chi connectivity index (χ1) is 12.3. The molecule has 0 radical (unpaired) electrons. The predicted octanol–water partition coefficient (Wildman–Crippen LogP) is 3.25. The van der Waals surface area contributed by atoms with E-state index in [1.54, 1.807) is 0 Å². The number of benzene rings is 1. The van der Waals surface area contributed by atoms with Gasteiger partial charge < -0.3 is 14.2 Å². The van der Waals surface area contributed by atoms with Crippen LogP contribution in [0.4, 0.5) is 0 Å². The molecule has 4 rings (SSSR count). The van der Waals surface area contributed by atoms with E-state index in [4.69, 9.17) is 9.26 Å². The number of ether oxygens (including phenoxy) is 1. The molecule has 0 spiro atoms. The molecule has 2 aromatic rings. The van der Waals surface area contributed by atoms with Crippen LogP contribution in [0.2, 0.25) is 0 Å². The predicted molar refractivity (Wildman–Crippen MR) is 91.3 cm³/mol. The number of fused-ring (bicyclic) bond motifs is 1. The highest BCUT2D eigenvalue weighted by Gasteiger charge is 2.35. The first kappa shape index (κ1) is 16.1. The molecule has 0 bridgehead atoms. The van der Waals surface area contributed by atoms with Crippen LogP contribution in [0.3, 0.4) is 0 Å². The van der Waals surface area contributed by atoms with E-state index in [1.165, 1.54) is 0 Å². The molecule has 2 aliphatic heterocycles. The SMILES string of the molecule is CCc1nc([C@H]2CCCN2C(=O)C[C@H]2CCOc3ccccc32)no1. The van der Waals surface area contributed by atoms with Gasteiger partial charge in [0.25, 0.3) is 0 Å². The van der Waals surface area contributed by atoms with Gasteiger partial charge in [-0.15, -0.1) is 0 Å². The Labute approximate surface area is 147 Å². The van der Waals surface area contributed by atoms with Gasteiger partial charge >= 0.3 is 0 Å². The molecule has 0 aliphatic carbocycles. The van der Waals surface area contributed by atoms with Gasteiger partial charge in [-0.05, 0) is 36.8 Å². The molecular weight excluding hydrogens is 318 g/mol. The van der Waals surface area contributed by atoms with Crippen LogP contribution < -0.4 is 4.74 Å². The number of likely N-dealkylation sites (tertiary alicyclic amines) is 1. The highest BCUT2D eigenvalue weighted by Crippen LogP contribution is 2.38. The molecule has 1 amide bonds. The summed E-state index contributed by atoms with van der Waals surface area (Å²) >= 11 is 0. The monoisotopic (exact) mass is 341 g/mol. The molecule has 0 unspecified atom stereocenters. The fourth-order valence-corrected chi connectivity index (χ4v) is 3.84. The van der Waals surface area contributed by atoms with Crippen LogP contribution in [0.1, 0.15) is 61.8 Å². The van der Waals surface area contributed by atoms with Crippen LogP contribution >= 0.6 is 0 Å². The maximum Gasteiger partial charge on any atom is 0.226 e. The van der Waals surface area contributed by atoms with E-state index in [0.717, 1.165) is 37.1 Å². The van der Waals surface area contributed by atoms with E-state index in [2.05, 4.69) is 16.2 Å². The van der Waals surface area contributed by atoms with Crippen LogP contribution in [0.5, 0.6) is 5.75 Å². The Kier molecular flexibility index (Phi) is 4.42. The number of amides is 1. The summed E-state index contributed by atoms with van der Waals surface area (Å²) in [4.78, 5) is 19.3. The van der Waals surface area contributed by atoms with Crippen molar-refractivity contribution in [2.24, 2.45) is 0 Å². The van der Waals surface area contributed by atoms with Gasteiger partial charge in [-0.2, -0.15) is 4.98 Å². The Morgan fingerprint density at radius 3 is 3.04 bits per heavy atom. The lowest BCUT2D eigenvalue weighted by Gasteiger charge is -2.28. The topological polar surface area (TPSA) is 68.5 Å². The van der Waals surface area contributed by atoms with Crippen molar-refractivity contribution >= 4 is 5.91 Å². The third-order valence-electron chi connectivity index (χ3n) is 5.16. The van der Waals surface area contributed by atoms with Crippen LogP contribution in [0.15, 0.2) is 28.8 Å². The molecule has 1 aromatic heterocycles. The summed E-state index contributed by atoms with van der Waals surface area (Å²) in [6.07, 6.45) is 3.99. The summed E-state index contributed by atoms with van der Waals surface area (Å²) in [5.41, 5.74) is 1.14. The van der Waals surface area contributed by atoms with Crippen molar-refractivity contribution < 1.29 is 14.1 Å². The second-order valence-electron chi connectivity index (χ2n) is 6.72. The lowest BCUT2D eigenvalue weighted by Crippen LogP contribution is -2.32. The van der Waals surface area contributed by atoms with E-state index in [0.29, 0.717) is 31.2 Å². The number of aryl methyl sites for hydroxylation is 1. The van der Waals surface area contributed by atoms with Gasteiger partial charge in [-0.25, -0.2) is 0 Å². The highest BCUT2D eigenvalue weighted by molar-refractivity contribution is 5.78. The normalized spacial score (nSPS) is 22.5. The smallest absolute Gasteiger partial charge is 0.226 e. The van der Waals surface area contributed by atoms with E-state index in [1.807, 2.05) is 30.0 Å². The maximum absolute atomic E-state index is 13.0. The van der Waals surface area contributed by atoms with Crippen LogP contribution in [-0.4, -0.2) is 34.1 Å². The molecule has 1 fully saturated rings. The third kappa shape index (κ3) is 3.13. The third-order valence-corrected chi connectivity index (χ3v) is 5.16. The molecule has 3 heterocycles. The molecular formula is C19H23N3O3. The Morgan fingerprint density at radius 2 is 2.20 bits per heavy atom. The summed E-state index contributed by atoms with van der Waals surface area (Å²) < 4.78 is 10.9. The number of rotatable bonds is 4. The van der Waals surface area contributed by atoms with Gasteiger partial charge in [0.1, 0.15) is 5.75 Å². The Morgan fingerprint density at radius 1 is 1.32 bits per heavy atom. The number of carbonyl (C=O) groups excluding carboxylic acids is 1. The highest BCUT2D eigenvalue weighted by atomic mass is 16.5. The van der Waals surface area contributed by atoms with Gasteiger partial charge in [-0.3, -0.25) is 4.79 Å². The summed E-state index contributed by atoms with van der Waals surface area (Å²) in [5, 5.41) is 4.08. The first-order valence-electron chi connectivity index (χ1n) is 9.10. The van der Waals surface area contributed by atoms with E-state index >= 15 is 0 Å².